The van der Waals surface area contributed by atoms with Crippen molar-refractivity contribution in [2.24, 2.45) is 0 Å². The highest BCUT2D eigenvalue weighted by Crippen LogP contribution is 2.27. The molecular weight excluding hydrogens is 248 g/mol. The molecule has 0 atom stereocenters. The molecule has 0 radical (unpaired) electrons. The summed E-state index contributed by atoms with van der Waals surface area (Å²) in [5.74, 6) is 0. The van der Waals surface area contributed by atoms with Crippen molar-refractivity contribution in [2.75, 3.05) is 23.8 Å². The molecule has 4 heteroatoms. The standard InChI is InChI=1S/C16H22N4/c1-11-16(12(2)19-18-11)17-10-13-6-7-15-14(9-13)5-4-8-20(15)3/h6-7,9,17H,4-5,8,10H2,1-3H3,(H,18,19). The molecule has 1 aliphatic heterocycles. The van der Waals surface area contributed by atoms with E-state index in [4.69, 9.17) is 0 Å². The van der Waals surface area contributed by atoms with Crippen molar-refractivity contribution >= 4 is 11.4 Å². The van der Waals surface area contributed by atoms with Gasteiger partial charge in [0.1, 0.15) is 0 Å². The lowest BCUT2D eigenvalue weighted by molar-refractivity contribution is 0.743. The normalized spacial score (nSPS) is 14.2. The Labute approximate surface area is 120 Å². The highest BCUT2D eigenvalue weighted by molar-refractivity contribution is 5.57. The molecule has 0 fully saturated rings. The summed E-state index contributed by atoms with van der Waals surface area (Å²) in [5, 5.41) is 10.7. The van der Waals surface area contributed by atoms with E-state index in [9.17, 15) is 0 Å². The quantitative estimate of drug-likeness (QED) is 0.901. The van der Waals surface area contributed by atoms with Gasteiger partial charge in [0, 0.05) is 25.8 Å². The Kier molecular flexibility index (Phi) is 3.38. The maximum atomic E-state index is 4.21. The molecule has 1 aromatic heterocycles. The Bertz CT molecular complexity index is 595. The molecule has 0 saturated carbocycles. The molecular formula is C16H22N4. The predicted octanol–water partition coefficient (Wildman–Crippen LogP) is 3.02. The van der Waals surface area contributed by atoms with Crippen LogP contribution in [0.1, 0.15) is 28.9 Å². The van der Waals surface area contributed by atoms with E-state index < -0.39 is 0 Å². The maximum Gasteiger partial charge on any atom is 0.0825 e. The fraction of sp³-hybridized carbons (Fsp3) is 0.438. The molecule has 1 aromatic carbocycles. The van der Waals surface area contributed by atoms with Crippen LogP contribution in [0.4, 0.5) is 11.4 Å². The van der Waals surface area contributed by atoms with E-state index >= 15 is 0 Å². The first kappa shape index (κ1) is 13.0. The molecule has 0 aliphatic carbocycles. The van der Waals surface area contributed by atoms with Gasteiger partial charge in [-0.2, -0.15) is 5.10 Å². The zero-order chi connectivity index (χ0) is 14.1. The second-order valence-electron chi connectivity index (χ2n) is 5.65. The molecule has 0 amide bonds. The first-order valence-electron chi connectivity index (χ1n) is 7.23. The summed E-state index contributed by atoms with van der Waals surface area (Å²) in [7, 11) is 2.17. The molecule has 0 saturated heterocycles. The number of aryl methyl sites for hydroxylation is 3. The van der Waals surface area contributed by atoms with Crippen LogP contribution in [0.25, 0.3) is 0 Å². The lowest BCUT2D eigenvalue weighted by atomic mass is 9.99. The van der Waals surface area contributed by atoms with E-state index in [0.29, 0.717) is 0 Å². The van der Waals surface area contributed by atoms with Crippen LogP contribution in [0.3, 0.4) is 0 Å². The Morgan fingerprint density at radius 1 is 1.35 bits per heavy atom. The average molecular weight is 270 g/mol. The van der Waals surface area contributed by atoms with Gasteiger partial charge in [0.15, 0.2) is 0 Å². The summed E-state index contributed by atoms with van der Waals surface area (Å²) in [6, 6.07) is 6.81. The fourth-order valence-corrected chi connectivity index (χ4v) is 2.95. The zero-order valence-electron chi connectivity index (χ0n) is 12.5. The second kappa shape index (κ2) is 5.19. The predicted molar refractivity (Wildman–Crippen MR) is 83.4 cm³/mol. The van der Waals surface area contributed by atoms with E-state index in [0.717, 1.165) is 30.2 Å². The minimum atomic E-state index is 0.845. The van der Waals surface area contributed by atoms with E-state index in [1.54, 1.807) is 0 Å². The van der Waals surface area contributed by atoms with E-state index in [-0.39, 0.29) is 0 Å². The number of H-pyrrole nitrogens is 1. The van der Waals surface area contributed by atoms with Crippen molar-refractivity contribution in [3.05, 3.63) is 40.7 Å². The molecule has 2 heterocycles. The molecule has 4 nitrogen and oxygen atoms in total. The lowest BCUT2D eigenvalue weighted by Gasteiger charge is -2.27. The Morgan fingerprint density at radius 2 is 2.20 bits per heavy atom. The summed E-state index contributed by atoms with van der Waals surface area (Å²) in [4.78, 5) is 2.35. The van der Waals surface area contributed by atoms with Crippen molar-refractivity contribution in [2.45, 2.75) is 33.2 Å². The number of fused-ring (bicyclic) bond motifs is 1. The van der Waals surface area contributed by atoms with Crippen LogP contribution in [-0.4, -0.2) is 23.8 Å². The van der Waals surface area contributed by atoms with Gasteiger partial charge >= 0.3 is 0 Å². The van der Waals surface area contributed by atoms with Gasteiger partial charge in [-0.05, 0) is 43.9 Å². The highest BCUT2D eigenvalue weighted by Gasteiger charge is 2.13. The number of benzene rings is 1. The molecule has 2 N–H and O–H groups in total. The van der Waals surface area contributed by atoms with Crippen molar-refractivity contribution < 1.29 is 0 Å². The highest BCUT2D eigenvalue weighted by atomic mass is 15.1. The van der Waals surface area contributed by atoms with Gasteiger partial charge in [0.2, 0.25) is 0 Å². The molecule has 20 heavy (non-hydrogen) atoms. The average Bonchev–Trinajstić information content (AvgIpc) is 2.76. The number of aromatic nitrogens is 2. The van der Waals surface area contributed by atoms with Crippen molar-refractivity contribution in [3.63, 3.8) is 0 Å². The third kappa shape index (κ3) is 2.38. The molecule has 3 rings (SSSR count). The van der Waals surface area contributed by atoms with E-state index in [2.05, 4.69) is 45.7 Å². The van der Waals surface area contributed by atoms with Crippen LogP contribution < -0.4 is 10.2 Å². The van der Waals surface area contributed by atoms with Crippen molar-refractivity contribution in [1.29, 1.82) is 0 Å². The summed E-state index contributed by atoms with van der Waals surface area (Å²) in [6.07, 6.45) is 2.44. The smallest absolute Gasteiger partial charge is 0.0825 e. The number of hydrogen-bond donors (Lipinski definition) is 2. The minimum absolute atomic E-state index is 0.845. The molecule has 106 valence electrons. The van der Waals surface area contributed by atoms with Gasteiger partial charge in [-0.1, -0.05) is 12.1 Å². The zero-order valence-corrected chi connectivity index (χ0v) is 12.5. The third-order valence-electron chi connectivity index (χ3n) is 4.09. The number of hydrogen-bond acceptors (Lipinski definition) is 3. The monoisotopic (exact) mass is 270 g/mol. The van der Waals surface area contributed by atoms with Crippen LogP contribution in [0.15, 0.2) is 18.2 Å². The molecule has 2 aromatic rings. The van der Waals surface area contributed by atoms with Crippen LogP contribution in [0, 0.1) is 13.8 Å². The third-order valence-corrected chi connectivity index (χ3v) is 4.09. The molecule has 0 unspecified atom stereocenters. The van der Waals surface area contributed by atoms with Crippen LogP contribution >= 0.6 is 0 Å². The summed E-state index contributed by atoms with van der Waals surface area (Å²) in [6.45, 7) is 6.08. The van der Waals surface area contributed by atoms with Crippen LogP contribution in [0.5, 0.6) is 0 Å². The lowest BCUT2D eigenvalue weighted by Crippen LogP contribution is -2.24. The van der Waals surface area contributed by atoms with E-state index in [1.165, 1.54) is 29.7 Å². The summed E-state index contributed by atoms with van der Waals surface area (Å²) < 4.78 is 0. The molecule has 0 spiro atoms. The number of aromatic amines is 1. The van der Waals surface area contributed by atoms with E-state index in [1.807, 2.05) is 13.8 Å². The van der Waals surface area contributed by atoms with Gasteiger partial charge in [-0.25, -0.2) is 0 Å². The topological polar surface area (TPSA) is 44.0 Å². The number of rotatable bonds is 3. The van der Waals surface area contributed by atoms with Crippen LogP contribution in [-0.2, 0) is 13.0 Å². The van der Waals surface area contributed by atoms with Gasteiger partial charge in [-0.3, -0.25) is 5.10 Å². The Hall–Kier alpha value is -1.97. The van der Waals surface area contributed by atoms with Gasteiger partial charge in [-0.15, -0.1) is 0 Å². The maximum absolute atomic E-state index is 4.21. The largest absolute Gasteiger partial charge is 0.378 e. The van der Waals surface area contributed by atoms with Crippen molar-refractivity contribution in [3.8, 4) is 0 Å². The number of nitrogens with zero attached hydrogens (tertiary/aromatic N) is 2. The molecule has 1 aliphatic rings. The van der Waals surface area contributed by atoms with Gasteiger partial charge < -0.3 is 10.2 Å². The SMILES string of the molecule is Cc1n[nH]c(C)c1NCc1ccc2c(c1)CCCN2C. The Balaban J connectivity index is 1.76. The van der Waals surface area contributed by atoms with Crippen LogP contribution in [0.2, 0.25) is 0 Å². The second-order valence-corrected chi connectivity index (χ2v) is 5.65. The Morgan fingerprint density at radius 3 is 2.95 bits per heavy atom. The number of anilines is 2. The molecule has 0 bridgehead atoms. The van der Waals surface area contributed by atoms with Crippen molar-refractivity contribution in [1.82, 2.24) is 10.2 Å². The first-order chi connectivity index (χ1) is 9.65. The number of nitrogens with one attached hydrogen (secondary N) is 2. The van der Waals surface area contributed by atoms with Gasteiger partial charge in [0.25, 0.3) is 0 Å². The van der Waals surface area contributed by atoms with Gasteiger partial charge in [0.05, 0.1) is 17.1 Å². The summed E-state index contributed by atoms with van der Waals surface area (Å²) >= 11 is 0. The summed E-state index contributed by atoms with van der Waals surface area (Å²) in [5.41, 5.74) is 7.44. The fourth-order valence-electron chi connectivity index (χ4n) is 2.95. The minimum Gasteiger partial charge on any atom is -0.378 e. The first-order valence-corrected chi connectivity index (χ1v) is 7.23.